The lowest BCUT2D eigenvalue weighted by molar-refractivity contribution is 0.635. The van der Waals surface area contributed by atoms with Crippen LogP contribution in [0.5, 0.6) is 0 Å². The second kappa shape index (κ2) is 5.53. The Balaban J connectivity index is 2.16. The number of benzene rings is 3. The largest absolute Gasteiger partial charge is 0.206 e. The second-order valence-corrected chi connectivity index (χ2v) is 5.41. The molecule has 0 unspecified atom stereocenters. The van der Waals surface area contributed by atoms with E-state index in [2.05, 4.69) is 0 Å². The Kier molecular flexibility index (Phi) is 3.57. The third-order valence-corrected chi connectivity index (χ3v) is 3.66. The number of rotatable bonds is 2. The van der Waals surface area contributed by atoms with Crippen LogP contribution in [0.1, 0.15) is 11.1 Å². The average Bonchev–Trinajstić information content (AvgIpc) is 2.47. The van der Waals surface area contributed by atoms with Crippen molar-refractivity contribution in [3.05, 3.63) is 83.7 Å². The van der Waals surface area contributed by atoms with E-state index in [1.807, 2.05) is 80.6 Å². The SMILES string of the molecule is Cc1cccc(-c2cccc(-c3cccc(C)c3)c2F)c1. The fourth-order valence-corrected chi connectivity index (χ4v) is 2.60. The molecule has 3 aromatic carbocycles. The maximum absolute atomic E-state index is 14.9. The highest BCUT2D eigenvalue weighted by molar-refractivity contribution is 5.74. The van der Waals surface area contributed by atoms with Gasteiger partial charge in [0, 0.05) is 11.1 Å². The summed E-state index contributed by atoms with van der Waals surface area (Å²) in [5.74, 6) is -0.159. The maximum Gasteiger partial charge on any atom is 0.138 e. The molecule has 3 aromatic rings. The number of hydrogen-bond donors (Lipinski definition) is 0. The van der Waals surface area contributed by atoms with Crippen molar-refractivity contribution in [1.82, 2.24) is 0 Å². The fourth-order valence-electron chi connectivity index (χ4n) is 2.60. The standard InChI is InChI=1S/C20H17F/c1-14-6-3-8-16(12-14)18-10-5-11-19(20(18)21)17-9-4-7-15(2)13-17/h3-13H,1-2H3. The molecular weight excluding hydrogens is 259 g/mol. The van der Waals surface area contributed by atoms with Gasteiger partial charge in [-0.05, 0) is 25.0 Å². The lowest BCUT2D eigenvalue weighted by Gasteiger charge is -2.10. The van der Waals surface area contributed by atoms with Gasteiger partial charge in [0.1, 0.15) is 5.82 Å². The van der Waals surface area contributed by atoms with Crippen molar-refractivity contribution in [2.24, 2.45) is 0 Å². The Morgan fingerprint density at radius 3 is 1.48 bits per heavy atom. The van der Waals surface area contributed by atoms with Gasteiger partial charge in [-0.25, -0.2) is 4.39 Å². The summed E-state index contributed by atoms with van der Waals surface area (Å²) in [6.45, 7) is 4.04. The number of halogens is 1. The molecule has 0 N–H and O–H groups in total. The van der Waals surface area contributed by atoms with Crippen molar-refractivity contribution in [2.45, 2.75) is 13.8 Å². The van der Waals surface area contributed by atoms with E-state index in [1.54, 1.807) is 0 Å². The zero-order chi connectivity index (χ0) is 14.8. The van der Waals surface area contributed by atoms with Gasteiger partial charge in [-0.15, -0.1) is 0 Å². The normalized spacial score (nSPS) is 10.6. The topological polar surface area (TPSA) is 0 Å². The third kappa shape index (κ3) is 2.73. The summed E-state index contributed by atoms with van der Waals surface area (Å²) in [6, 6.07) is 21.5. The summed E-state index contributed by atoms with van der Waals surface area (Å²) >= 11 is 0. The smallest absolute Gasteiger partial charge is 0.138 e. The minimum Gasteiger partial charge on any atom is -0.206 e. The second-order valence-electron chi connectivity index (χ2n) is 5.41. The van der Waals surface area contributed by atoms with Gasteiger partial charge in [0.2, 0.25) is 0 Å². The molecule has 0 heterocycles. The van der Waals surface area contributed by atoms with Crippen LogP contribution in [0.25, 0.3) is 22.3 Å². The molecule has 0 amide bonds. The maximum atomic E-state index is 14.9. The van der Waals surface area contributed by atoms with Crippen molar-refractivity contribution >= 4 is 0 Å². The highest BCUT2D eigenvalue weighted by atomic mass is 19.1. The van der Waals surface area contributed by atoms with E-state index in [0.717, 1.165) is 22.3 Å². The van der Waals surface area contributed by atoms with E-state index >= 15 is 0 Å². The molecule has 0 bridgehead atoms. The van der Waals surface area contributed by atoms with E-state index < -0.39 is 0 Å². The van der Waals surface area contributed by atoms with Crippen LogP contribution in [0, 0.1) is 19.7 Å². The molecule has 3 rings (SSSR count). The molecule has 0 radical (unpaired) electrons. The highest BCUT2D eigenvalue weighted by Gasteiger charge is 2.11. The molecule has 0 fully saturated rings. The van der Waals surface area contributed by atoms with Gasteiger partial charge in [-0.3, -0.25) is 0 Å². The summed E-state index contributed by atoms with van der Waals surface area (Å²) in [5.41, 5.74) is 5.40. The molecule has 1 heteroatoms. The van der Waals surface area contributed by atoms with E-state index in [4.69, 9.17) is 0 Å². The van der Waals surface area contributed by atoms with Crippen molar-refractivity contribution in [2.75, 3.05) is 0 Å². The Labute approximate surface area is 124 Å². The van der Waals surface area contributed by atoms with Crippen molar-refractivity contribution in [3.63, 3.8) is 0 Å². The first-order chi connectivity index (χ1) is 10.1. The minimum atomic E-state index is -0.159. The van der Waals surface area contributed by atoms with Crippen LogP contribution in [0.15, 0.2) is 66.7 Å². The van der Waals surface area contributed by atoms with E-state index in [9.17, 15) is 4.39 Å². The van der Waals surface area contributed by atoms with Crippen molar-refractivity contribution < 1.29 is 4.39 Å². The van der Waals surface area contributed by atoms with E-state index in [0.29, 0.717) is 11.1 Å². The van der Waals surface area contributed by atoms with Gasteiger partial charge in [-0.2, -0.15) is 0 Å². The van der Waals surface area contributed by atoms with Gasteiger partial charge in [0.05, 0.1) is 0 Å². The van der Waals surface area contributed by atoms with E-state index in [1.165, 1.54) is 0 Å². The van der Waals surface area contributed by atoms with Gasteiger partial charge in [-0.1, -0.05) is 77.9 Å². The summed E-state index contributed by atoms with van der Waals surface area (Å²) in [4.78, 5) is 0. The summed E-state index contributed by atoms with van der Waals surface area (Å²) in [6.07, 6.45) is 0. The Bertz CT molecular complexity index is 724. The first kappa shape index (κ1) is 13.6. The molecule has 0 aliphatic carbocycles. The predicted octanol–water partition coefficient (Wildman–Crippen LogP) is 5.78. The Morgan fingerprint density at radius 2 is 1.05 bits per heavy atom. The molecule has 0 saturated carbocycles. The zero-order valence-electron chi connectivity index (χ0n) is 12.2. The molecule has 104 valence electrons. The zero-order valence-corrected chi connectivity index (χ0v) is 12.2. The molecule has 0 aromatic heterocycles. The van der Waals surface area contributed by atoms with Crippen LogP contribution in [0.2, 0.25) is 0 Å². The van der Waals surface area contributed by atoms with Crippen LogP contribution in [0.3, 0.4) is 0 Å². The quantitative estimate of drug-likeness (QED) is 0.557. The lowest BCUT2D eigenvalue weighted by atomic mass is 9.96. The van der Waals surface area contributed by atoms with Crippen LogP contribution in [0.4, 0.5) is 4.39 Å². The van der Waals surface area contributed by atoms with Crippen LogP contribution < -0.4 is 0 Å². The summed E-state index contributed by atoms with van der Waals surface area (Å²) < 4.78 is 14.9. The molecule has 21 heavy (non-hydrogen) atoms. The molecular formula is C20H17F. The molecule has 0 aliphatic heterocycles. The first-order valence-corrected chi connectivity index (χ1v) is 7.08. The minimum absolute atomic E-state index is 0.159. The Hall–Kier alpha value is -2.41. The molecule has 0 spiro atoms. The van der Waals surface area contributed by atoms with Crippen molar-refractivity contribution in [1.29, 1.82) is 0 Å². The molecule has 0 saturated heterocycles. The van der Waals surface area contributed by atoms with Crippen LogP contribution in [-0.2, 0) is 0 Å². The first-order valence-electron chi connectivity index (χ1n) is 7.08. The Morgan fingerprint density at radius 1 is 0.619 bits per heavy atom. The van der Waals surface area contributed by atoms with Gasteiger partial charge in [0.25, 0.3) is 0 Å². The van der Waals surface area contributed by atoms with Crippen LogP contribution >= 0.6 is 0 Å². The van der Waals surface area contributed by atoms with Crippen LogP contribution in [-0.4, -0.2) is 0 Å². The third-order valence-electron chi connectivity index (χ3n) is 3.66. The molecule has 0 atom stereocenters. The van der Waals surface area contributed by atoms with E-state index in [-0.39, 0.29) is 5.82 Å². The van der Waals surface area contributed by atoms with Crippen molar-refractivity contribution in [3.8, 4) is 22.3 Å². The monoisotopic (exact) mass is 276 g/mol. The van der Waals surface area contributed by atoms with Gasteiger partial charge < -0.3 is 0 Å². The number of hydrogen-bond acceptors (Lipinski definition) is 0. The van der Waals surface area contributed by atoms with Gasteiger partial charge >= 0.3 is 0 Å². The fraction of sp³-hybridized carbons (Fsp3) is 0.100. The molecule has 0 nitrogen and oxygen atoms in total. The molecule has 0 aliphatic rings. The van der Waals surface area contributed by atoms with Gasteiger partial charge in [0.15, 0.2) is 0 Å². The number of aryl methyl sites for hydroxylation is 2. The summed E-state index contributed by atoms with van der Waals surface area (Å²) in [5, 5.41) is 0. The highest BCUT2D eigenvalue weighted by Crippen LogP contribution is 2.31. The lowest BCUT2D eigenvalue weighted by Crippen LogP contribution is -1.90. The summed E-state index contributed by atoms with van der Waals surface area (Å²) in [7, 11) is 0. The average molecular weight is 276 g/mol. The predicted molar refractivity (Wildman–Crippen MR) is 86.7 cm³/mol.